The number of aliphatic hydroxyl groups excluding tert-OH is 1. The van der Waals surface area contributed by atoms with Crippen LogP contribution in [0.4, 0.5) is 0 Å². The van der Waals surface area contributed by atoms with Gasteiger partial charge in [0.25, 0.3) is 0 Å². The Balaban J connectivity index is 2.64. The predicted octanol–water partition coefficient (Wildman–Crippen LogP) is 1.37. The van der Waals surface area contributed by atoms with Crippen molar-refractivity contribution < 1.29 is 10.2 Å². The number of hydrogen-bond donors (Lipinski definition) is 2. The van der Waals surface area contributed by atoms with Crippen LogP contribution in [0.3, 0.4) is 0 Å². The zero-order chi connectivity index (χ0) is 11.1. The first-order valence-electron chi connectivity index (χ1n) is 4.99. The van der Waals surface area contributed by atoms with Gasteiger partial charge in [-0.05, 0) is 6.07 Å². The van der Waals surface area contributed by atoms with Gasteiger partial charge >= 0.3 is 0 Å². The Morgan fingerprint density at radius 3 is 2.67 bits per heavy atom. The quantitative estimate of drug-likeness (QED) is 0.692. The third-order valence-electron chi connectivity index (χ3n) is 2.19. The summed E-state index contributed by atoms with van der Waals surface area (Å²) in [6, 6.07) is 7.23. The minimum absolute atomic E-state index is 0.113. The van der Waals surface area contributed by atoms with Gasteiger partial charge in [-0.25, -0.2) is 0 Å². The molecule has 3 heteroatoms. The van der Waals surface area contributed by atoms with Crippen LogP contribution in [0, 0.1) is 0 Å². The van der Waals surface area contributed by atoms with Crippen LogP contribution < -0.4 is 0 Å². The Labute approximate surface area is 90.3 Å². The largest absolute Gasteiger partial charge is 0.508 e. The van der Waals surface area contributed by atoms with Crippen molar-refractivity contribution in [1.82, 2.24) is 4.90 Å². The highest BCUT2D eigenvalue weighted by molar-refractivity contribution is 5.31. The average Bonchev–Trinajstić information content (AvgIpc) is 2.22. The molecular formula is C12H17NO2. The van der Waals surface area contributed by atoms with E-state index in [1.807, 2.05) is 17.0 Å². The minimum Gasteiger partial charge on any atom is -0.508 e. The lowest BCUT2D eigenvalue weighted by molar-refractivity contribution is 0.202. The molecule has 0 fully saturated rings. The van der Waals surface area contributed by atoms with Crippen LogP contribution >= 0.6 is 0 Å². The van der Waals surface area contributed by atoms with Gasteiger partial charge in [0.05, 0.1) is 6.61 Å². The molecule has 1 aromatic carbocycles. The Hall–Kier alpha value is -1.32. The lowest BCUT2D eigenvalue weighted by atomic mass is 10.2. The number of aliphatic hydroxyl groups is 1. The molecule has 82 valence electrons. The second-order valence-corrected chi connectivity index (χ2v) is 3.38. The third-order valence-corrected chi connectivity index (χ3v) is 2.19. The molecule has 1 aromatic rings. The standard InChI is InChI=1S/C12H17NO2/c1-2-7-13(8-9-14)10-11-5-3-4-6-12(11)15/h2-6,14-15H,1,7-10H2. The van der Waals surface area contributed by atoms with E-state index in [0.717, 1.165) is 5.56 Å². The number of aromatic hydroxyl groups is 1. The van der Waals surface area contributed by atoms with Gasteiger partial charge in [0.2, 0.25) is 0 Å². The molecule has 0 aliphatic carbocycles. The molecule has 2 N–H and O–H groups in total. The van der Waals surface area contributed by atoms with E-state index < -0.39 is 0 Å². The van der Waals surface area contributed by atoms with E-state index in [2.05, 4.69) is 6.58 Å². The summed E-state index contributed by atoms with van der Waals surface area (Å²) in [6.45, 7) is 5.68. The Morgan fingerprint density at radius 1 is 1.33 bits per heavy atom. The zero-order valence-corrected chi connectivity index (χ0v) is 8.76. The van der Waals surface area contributed by atoms with Crippen molar-refractivity contribution in [1.29, 1.82) is 0 Å². The molecule has 0 aliphatic rings. The van der Waals surface area contributed by atoms with Crippen molar-refractivity contribution in [2.45, 2.75) is 6.54 Å². The number of benzene rings is 1. The Morgan fingerprint density at radius 2 is 2.07 bits per heavy atom. The summed E-state index contributed by atoms with van der Waals surface area (Å²) in [7, 11) is 0. The highest BCUT2D eigenvalue weighted by atomic mass is 16.3. The van der Waals surface area contributed by atoms with Gasteiger partial charge in [-0.15, -0.1) is 6.58 Å². The maximum Gasteiger partial charge on any atom is 0.120 e. The number of hydrogen-bond acceptors (Lipinski definition) is 3. The van der Waals surface area contributed by atoms with Crippen LogP contribution in [0.15, 0.2) is 36.9 Å². The maximum atomic E-state index is 9.58. The van der Waals surface area contributed by atoms with Gasteiger partial charge in [0.15, 0.2) is 0 Å². The number of nitrogens with zero attached hydrogens (tertiary/aromatic N) is 1. The summed E-state index contributed by atoms with van der Waals surface area (Å²) in [6.07, 6.45) is 1.79. The van der Waals surface area contributed by atoms with Gasteiger partial charge in [0, 0.05) is 25.2 Å². The van der Waals surface area contributed by atoms with Crippen LogP contribution in [0.1, 0.15) is 5.56 Å². The fourth-order valence-corrected chi connectivity index (χ4v) is 1.44. The van der Waals surface area contributed by atoms with E-state index in [-0.39, 0.29) is 6.61 Å². The highest BCUT2D eigenvalue weighted by Crippen LogP contribution is 2.17. The van der Waals surface area contributed by atoms with Crippen molar-refractivity contribution in [3.63, 3.8) is 0 Å². The van der Waals surface area contributed by atoms with E-state index in [4.69, 9.17) is 5.11 Å². The summed E-state index contributed by atoms with van der Waals surface area (Å²) >= 11 is 0. The van der Waals surface area contributed by atoms with E-state index >= 15 is 0 Å². The second kappa shape index (κ2) is 6.22. The van der Waals surface area contributed by atoms with Crippen molar-refractivity contribution in [2.24, 2.45) is 0 Å². The lowest BCUT2D eigenvalue weighted by Crippen LogP contribution is -2.26. The molecule has 0 radical (unpaired) electrons. The molecule has 0 saturated heterocycles. The summed E-state index contributed by atoms with van der Waals surface area (Å²) in [5, 5.41) is 18.5. The first-order valence-corrected chi connectivity index (χ1v) is 4.99. The highest BCUT2D eigenvalue weighted by Gasteiger charge is 2.06. The van der Waals surface area contributed by atoms with Crippen molar-refractivity contribution in [3.8, 4) is 5.75 Å². The molecule has 0 aromatic heterocycles. The molecular weight excluding hydrogens is 190 g/mol. The van der Waals surface area contributed by atoms with Gasteiger partial charge in [-0.1, -0.05) is 24.3 Å². The molecule has 3 nitrogen and oxygen atoms in total. The van der Waals surface area contributed by atoms with Crippen molar-refractivity contribution in [3.05, 3.63) is 42.5 Å². The summed E-state index contributed by atoms with van der Waals surface area (Å²) in [5.41, 5.74) is 0.868. The van der Waals surface area contributed by atoms with E-state index in [0.29, 0.717) is 25.4 Å². The lowest BCUT2D eigenvalue weighted by Gasteiger charge is -2.19. The molecule has 15 heavy (non-hydrogen) atoms. The second-order valence-electron chi connectivity index (χ2n) is 3.38. The molecule has 0 unspecified atom stereocenters. The fourth-order valence-electron chi connectivity index (χ4n) is 1.44. The van der Waals surface area contributed by atoms with E-state index in [9.17, 15) is 5.11 Å². The normalized spacial score (nSPS) is 10.5. The maximum absolute atomic E-state index is 9.58. The summed E-state index contributed by atoms with van der Waals surface area (Å²) in [5.74, 6) is 0.296. The number of phenols is 1. The fraction of sp³-hybridized carbons (Fsp3) is 0.333. The Bertz CT molecular complexity index is 312. The molecule has 0 amide bonds. The van der Waals surface area contributed by atoms with Crippen LogP contribution in [-0.2, 0) is 6.54 Å². The zero-order valence-electron chi connectivity index (χ0n) is 8.76. The van der Waals surface area contributed by atoms with Gasteiger partial charge in [-0.2, -0.15) is 0 Å². The molecule has 0 spiro atoms. The van der Waals surface area contributed by atoms with Gasteiger partial charge in [0.1, 0.15) is 5.75 Å². The molecule has 1 rings (SSSR count). The predicted molar refractivity (Wildman–Crippen MR) is 60.7 cm³/mol. The van der Waals surface area contributed by atoms with Crippen LogP contribution in [0.5, 0.6) is 5.75 Å². The van der Waals surface area contributed by atoms with E-state index in [1.165, 1.54) is 0 Å². The number of phenolic OH excluding ortho intramolecular Hbond substituents is 1. The SMILES string of the molecule is C=CCN(CCO)Cc1ccccc1O. The van der Waals surface area contributed by atoms with Gasteiger partial charge in [-0.3, -0.25) is 4.90 Å². The topological polar surface area (TPSA) is 43.7 Å². The van der Waals surface area contributed by atoms with Crippen molar-refractivity contribution >= 4 is 0 Å². The molecule has 0 saturated carbocycles. The van der Waals surface area contributed by atoms with Crippen LogP contribution in [-0.4, -0.2) is 34.8 Å². The first-order chi connectivity index (χ1) is 7.27. The summed E-state index contributed by atoms with van der Waals surface area (Å²) in [4.78, 5) is 2.02. The van der Waals surface area contributed by atoms with Crippen LogP contribution in [0.25, 0.3) is 0 Å². The van der Waals surface area contributed by atoms with E-state index in [1.54, 1.807) is 18.2 Å². The minimum atomic E-state index is 0.113. The van der Waals surface area contributed by atoms with Gasteiger partial charge < -0.3 is 10.2 Å². The number of para-hydroxylation sites is 1. The van der Waals surface area contributed by atoms with Crippen molar-refractivity contribution in [2.75, 3.05) is 19.7 Å². The molecule has 0 heterocycles. The number of rotatable bonds is 6. The summed E-state index contributed by atoms with van der Waals surface area (Å²) < 4.78 is 0. The average molecular weight is 207 g/mol. The smallest absolute Gasteiger partial charge is 0.120 e. The van der Waals surface area contributed by atoms with Crippen LogP contribution in [0.2, 0.25) is 0 Å². The Kier molecular flexibility index (Phi) is 4.87. The third kappa shape index (κ3) is 3.73. The molecule has 0 atom stereocenters. The molecule has 0 aliphatic heterocycles. The molecule has 0 bridgehead atoms. The first kappa shape index (κ1) is 11.8. The monoisotopic (exact) mass is 207 g/mol.